The van der Waals surface area contributed by atoms with E-state index < -0.39 is 23.0 Å². The summed E-state index contributed by atoms with van der Waals surface area (Å²) in [6.45, 7) is 6.80. The van der Waals surface area contributed by atoms with Gasteiger partial charge in [0.2, 0.25) is 5.91 Å². The van der Waals surface area contributed by atoms with Gasteiger partial charge >= 0.3 is 0 Å². The third-order valence-electron chi connectivity index (χ3n) is 6.61. The lowest BCUT2D eigenvalue weighted by molar-refractivity contribution is -0.129. The van der Waals surface area contributed by atoms with Gasteiger partial charge in [0.15, 0.2) is 22.9 Å². The van der Waals surface area contributed by atoms with Gasteiger partial charge in [-0.15, -0.1) is 11.8 Å². The first-order valence-electron chi connectivity index (χ1n) is 10.8. The number of amidine groups is 1. The van der Waals surface area contributed by atoms with Crippen LogP contribution in [-0.4, -0.2) is 34.8 Å². The van der Waals surface area contributed by atoms with Crippen LogP contribution in [0.25, 0.3) is 0 Å². The molecule has 1 amide bonds. The Kier molecular flexibility index (Phi) is 7.54. The molecule has 0 spiro atoms. The van der Waals surface area contributed by atoms with Gasteiger partial charge in [-0.05, 0) is 55.4 Å². The van der Waals surface area contributed by atoms with E-state index in [4.69, 9.17) is 10.1 Å². The van der Waals surface area contributed by atoms with Gasteiger partial charge in [-0.3, -0.25) is 15.0 Å². The van der Waals surface area contributed by atoms with Gasteiger partial charge in [-0.2, -0.15) is 0 Å². The molecule has 29 heavy (non-hydrogen) atoms. The zero-order chi connectivity index (χ0) is 21.1. The van der Waals surface area contributed by atoms with Gasteiger partial charge in [0.1, 0.15) is 0 Å². The van der Waals surface area contributed by atoms with Gasteiger partial charge in [0.25, 0.3) is 0 Å². The Balaban J connectivity index is 1.48. The summed E-state index contributed by atoms with van der Waals surface area (Å²) in [4.78, 5) is 24.8. The second-order valence-corrected chi connectivity index (χ2v) is 10.3. The fraction of sp³-hybridized carbons (Fsp3) is 0.773. The molecule has 0 bridgehead atoms. The third-order valence-corrected chi connectivity index (χ3v) is 7.85. The van der Waals surface area contributed by atoms with Gasteiger partial charge in [-0.1, -0.05) is 27.2 Å². The molecule has 1 saturated carbocycles. The average molecular weight is 425 g/mol. The van der Waals surface area contributed by atoms with Crippen LogP contribution >= 0.6 is 11.8 Å². The molecule has 7 heteroatoms. The summed E-state index contributed by atoms with van der Waals surface area (Å²) in [6.07, 6.45) is 6.36. The number of rotatable bonds is 7. The van der Waals surface area contributed by atoms with Gasteiger partial charge < -0.3 is 10.1 Å². The van der Waals surface area contributed by atoms with Gasteiger partial charge in [0.05, 0.1) is 12.0 Å². The topological polar surface area (TPSA) is 79.2 Å². The van der Waals surface area contributed by atoms with Crippen LogP contribution in [0.2, 0.25) is 0 Å². The Morgan fingerprint density at radius 2 is 2.14 bits per heavy atom. The normalized spacial score (nSPS) is 35.6. The number of ketones is 1. The minimum atomic E-state index is -0.689. The van der Waals surface area contributed by atoms with Gasteiger partial charge in [-0.25, -0.2) is 4.39 Å². The number of carbonyl (C=O) groups excluding carboxylic acids is 2. The van der Waals surface area contributed by atoms with Crippen molar-refractivity contribution in [2.24, 2.45) is 29.6 Å². The molecule has 2 heterocycles. The first-order chi connectivity index (χ1) is 13.7. The molecule has 1 saturated heterocycles. The number of carbonyl (C=O) groups is 2. The number of ether oxygens (including phenoxy) is 1. The Labute approximate surface area is 177 Å². The van der Waals surface area contributed by atoms with Crippen molar-refractivity contribution in [2.45, 2.75) is 70.8 Å². The molecule has 6 atom stereocenters. The fourth-order valence-corrected chi connectivity index (χ4v) is 6.10. The molecule has 1 aliphatic carbocycles. The number of halogens is 1. The van der Waals surface area contributed by atoms with Crippen molar-refractivity contribution in [2.75, 3.05) is 5.75 Å². The van der Waals surface area contributed by atoms with Crippen LogP contribution in [-0.2, 0) is 14.3 Å². The van der Waals surface area contributed by atoms with E-state index in [1.54, 1.807) is 11.8 Å². The maximum Gasteiger partial charge on any atom is 0.232 e. The smallest absolute Gasteiger partial charge is 0.232 e. The molecule has 2 fully saturated rings. The highest BCUT2D eigenvalue weighted by Crippen LogP contribution is 2.41. The SMILES string of the molecule is CC(C)[C@@H]1CC[C@@H](C)C[C@H]1CC(=O)[C@@H]1O[C@H](CCC2C=C(F)C(=N)NC2=O)CS1. The van der Waals surface area contributed by atoms with E-state index in [-0.39, 0.29) is 17.8 Å². The third kappa shape index (κ3) is 5.69. The molecular weight excluding hydrogens is 391 g/mol. The Bertz CT molecular complexity index is 681. The molecule has 1 unspecified atom stereocenters. The van der Waals surface area contributed by atoms with E-state index >= 15 is 0 Å². The van der Waals surface area contributed by atoms with Crippen molar-refractivity contribution in [3.05, 3.63) is 11.9 Å². The molecular formula is C22H33FN2O3S. The molecule has 162 valence electrons. The summed E-state index contributed by atoms with van der Waals surface area (Å²) in [7, 11) is 0. The van der Waals surface area contributed by atoms with Crippen LogP contribution in [0, 0.1) is 35.0 Å². The van der Waals surface area contributed by atoms with Crippen LogP contribution in [0.1, 0.15) is 59.3 Å². The Hall–Kier alpha value is -1.21. The summed E-state index contributed by atoms with van der Waals surface area (Å²) in [5.41, 5.74) is -0.411. The fourth-order valence-electron chi connectivity index (χ4n) is 4.95. The van der Waals surface area contributed by atoms with E-state index in [1.807, 2.05) is 0 Å². The van der Waals surface area contributed by atoms with Crippen molar-refractivity contribution in [1.82, 2.24) is 5.32 Å². The summed E-state index contributed by atoms with van der Waals surface area (Å²) < 4.78 is 19.5. The van der Waals surface area contributed by atoms with E-state index in [0.717, 1.165) is 12.2 Å². The number of hydrogen-bond donors (Lipinski definition) is 2. The Morgan fingerprint density at radius 1 is 1.38 bits per heavy atom. The minimum absolute atomic E-state index is 0.0919. The van der Waals surface area contributed by atoms with E-state index in [1.165, 1.54) is 18.9 Å². The van der Waals surface area contributed by atoms with Crippen molar-refractivity contribution < 1.29 is 18.7 Å². The summed E-state index contributed by atoms with van der Waals surface area (Å²) in [5, 5.41) is 9.55. The standard InChI is InChI=1S/C22H33FN2O3S/c1-12(2)17-7-4-13(3)8-15(17)10-19(26)22-28-16(11-29-22)6-5-14-9-18(23)20(24)25-21(14)27/h9,12-17,22H,4-8,10-11H2,1-3H3,(H2,24,25,27)/t13-,14?,15+,16-,17+,22-/m1/s1. The average Bonchev–Trinajstić information content (AvgIpc) is 3.12. The van der Waals surface area contributed by atoms with Gasteiger partial charge in [0, 0.05) is 12.2 Å². The lowest BCUT2D eigenvalue weighted by atomic mass is 9.68. The molecule has 2 N–H and O–H groups in total. The zero-order valence-corrected chi connectivity index (χ0v) is 18.4. The molecule has 0 aromatic heterocycles. The number of nitrogens with one attached hydrogen (secondary N) is 2. The van der Waals surface area contributed by atoms with Crippen molar-refractivity contribution in [3.63, 3.8) is 0 Å². The van der Waals surface area contributed by atoms with Crippen LogP contribution in [0.4, 0.5) is 4.39 Å². The highest BCUT2D eigenvalue weighted by Gasteiger charge is 2.37. The highest BCUT2D eigenvalue weighted by atomic mass is 32.2. The number of thioether (sulfide) groups is 1. The predicted octanol–water partition coefficient (Wildman–Crippen LogP) is 4.47. The zero-order valence-electron chi connectivity index (χ0n) is 17.6. The number of amides is 1. The Morgan fingerprint density at radius 3 is 2.86 bits per heavy atom. The second-order valence-electron chi connectivity index (χ2n) is 9.24. The molecule has 0 aromatic rings. The minimum Gasteiger partial charge on any atom is -0.356 e. The summed E-state index contributed by atoms with van der Waals surface area (Å²) in [5.74, 6) is 1.17. The second kappa shape index (κ2) is 9.73. The molecule has 0 radical (unpaired) electrons. The molecule has 3 rings (SSSR count). The van der Waals surface area contributed by atoms with Crippen LogP contribution in [0.5, 0.6) is 0 Å². The monoisotopic (exact) mass is 424 g/mol. The van der Waals surface area contributed by atoms with Crippen LogP contribution in [0.15, 0.2) is 11.9 Å². The quantitative estimate of drug-likeness (QED) is 0.632. The molecule has 5 nitrogen and oxygen atoms in total. The van der Waals surface area contributed by atoms with Crippen molar-refractivity contribution in [1.29, 1.82) is 5.41 Å². The molecule has 2 aliphatic heterocycles. The van der Waals surface area contributed by atoms with E-state index in [9.17, 15) is 14.0 Å². The lowest BCUT2D eigenvalue weighted by Crippen LogP contribution is -2.39. The van der Waals surface area contributed by atoms with E-state index in [2.05, 4.69) is 26.1 Å². The summed E-state index contributed by atoms with van der Waals surface area (Å²) in [6, 6.07) is 0. The number of hydrogen-bond acceptors (Lipinski definition) is 5. The highest BCUT2D eigenvalue weighted by molar-refractivity contribution is 8.00. The van der Waals surface area contributed by atoms with Crippen LogP contribution in [0.3, 0.4) is 0 Å². The lowest BCUT2D eigenvalue weighted by Gasteiger charge is -2.37. The summed E-state index contributed by atoms with van der Waals surface area (Å²) >= 11 is 1.55. The first kappa shape index (κ1) is 22.5. The molecule has 3 aliphatic rings. The maximum absolute atomic E-state index is 13.5. The number of Topliss-reactive ketones (excluding diaryl/α,β-unsaturated/α-hetero) is 1. The van der Waals surface area contributed by atoms with Crippen molar-refractivity contribution in [3.8, 4) is 0 Å². The van der Waals surface area contributed by atoms with Crippen molar-refractivity contribution >= 4 is 29.3 Å². The van der Waals surface area contributed by atoms with Crippen LogP contribution < -0.4 is 5.32 Å². The maximum atomic E-state index is 13.5. The van der Waals surface area contributed by atoms with E-state index in [0.29, 0.717) is 42.9 Å². The first-order valence-corrected chi connectivity index (χ1v) is 11.9. The largest absolute Gasteiger partial charge is 0.356 e. The molecule has 0 aromatic carbocycles. The predicted molar refractivity (Wildman–Crippen MR) is 113 cm³/mol.